The fraction of sp³-hybridized carbons (Fsp3) is 0.350. The van der Waals surface area contributed by atoms with E-state index >= 15 is 0 Å². The number of nitrogens with two attached hydrogens (primary N) is 1. The number of nitrogens with zero attached hydrogens (tertiary/aromatic N) is 1. The largest absolute Gasteiger partial charge is 0.497 e. The van der Waals surface area contributed by atoms with Crippen molar-refractivity contribution >= 4 is 35.6 Å². The summed E-state index contributed by atoms with van der Waals surface area (Å²) in [5, 5.41) is 3.24. The van der Waals surface area contributed by atoms with Gasteiger partial charge in [0.2, 0.25) is 0 Å². The Kier molecular flexibility index (Phi) is 8.03. The maximum absolute atomic E-state index is 6.03. The van der Waals surface area contributed by atoms with Crippen LogP contribution >= 0.6 is 24.0 Å². The molecule has 0 heterocycles. The SMILES string of the molecule is COc1cccc(OCCN=C(N)Nc2cccc3c2CCCC3)c1.I. The zero-order valence-corrected chi connectivity index (χ0v) is 17.4. The number of rotatable bonds is 6. The average molecular weight is 467 g/mol. The van der Waals surface area contributed by atoms with E-state index in [2.05, 4.69) is 28.5 Å². The highest BCUT2D eigenvalue weighted by atomic mass is 127. The van der Waals surface area contributed by atoms with E-state index in [0.717, 1.165) is 30.0 Å². The normalized spacial score (nSPS) is 13.3. The molecular formula is C20H26IN3O2. The van der Waals surface area contributed by atoms with Crippen molar-refractivity contribution < 1.29 is 9.47 Å². The number of aryl methyl sites for hydroxylation is 1. The minimum absolute atomic E-state index is 0. The zero-order valence-electron chi connectivity index (χ0n) is 15.0. The fourth-order valence-corrected chi connectivity index (χ4v) is 3.10. The monoisotopic (exact) mass is 467 g/mol. The lowest BCUT2D eigenvalue weighted by atomic mass is 9.90. The number of nitrogens with one attached hydrogen (secondary N) is 1. The Hall–Kier alpha value is -1.96. The van der Waals surface area contributed by atoms with E-state index in [0.29, 0.717) is 19.1 Å². The molecule has 3 N–H and O–H groups in total. The van der Waals surface area contributed by atoms with Crippen LogP contribution in [0.15, 0.2) is 47.5 Å². The van der Waals surface area contributed by atoms with Crippen molar-refractivity contribution in [1.29, 1.82) is 0 Å². The van der Waals surface area contributed by atoms with Gasteiger partial charge in [0.05, 0.1) is 13.7 Å². The first-order valence-corrected chi connectivity index (χ1v) is 8.71. The maximum atomic E-state index is 6.03. The molecule has 0 saturated carbocycles. The van der Waals surface area contributed by atoms with Crippen molar-refractivity contribution in [3.05, 3.63) is 53.6 Å². The molecule has 0 spiro atoms. The van der Waals surface area contributed by atoms with Crippen molar-refractivity contribution in [2.45, 2.75) is 25.7 Å². The predicted octanol–water partition coefficient (Wildman–Crippen LogP) is 4.00. The summed E-state index contributed by atoms with van der Waals surface area (Å²) in [7, 11) is 1.64. The van der Waals surface area contributed by atoms with E-state index in [9.17, 15) is 0 Å². The summed E-state index contributed by atoms with van der Waals surface area (Å²) in [6.07, 6.45) is 4.75. The quantitative estimate of drug-likeness (QED) is 0.292. The van der Waals surface area contributed by atoms with Gasteiger partial charge in [-0.3, -0.25) is 0 Å². The maximum Gasteiger partial charge on any atom is 0.193 e. The number of hydrogen-bond donors (Lipinski definition) is 2. The summed E-state index contributed by atoms with van der Waals surface area (Å²) < 4.78 is 10.8. The summed E-state index contributed by atoms with van der Waals surface area (Å²) >= 11 is 0. The molecule has 0 unspecified atom stereocenters. The molecule has 26 heavy (non-hydrogen) atoms. The molecule has 2 aromatic rings. The van der Waals surface area contributed by atoms with Crippen LogP contribution < -0.4 is 20.5 Å². The third kappa shape index (κ3) is 5.52. The smallest absolute Gasteiger partial charge is 0.193 e. The molecule has 1 aliphatic carbocycles. The summed E-state index contributed by atoms with van der Waals surface area (Å²) in [6.45, 7) is 0.952. The second kappa shape index (κ2) is 10.3. The predicted molar refractivity (Wildman–Crippen MR) is 117 cm³/mol. The van der Waals surface area contributed by atoms with Crippen molar-refractivity contribution in [3.8, 4) is 11.5 Å². The molecule has 6 heteroatoms. The highest BCUT2D eigenvalue weighted by molar-refractivity contribution is 14.0. The summed E-state index contributed by atoms with van der Waals surface area (Å²) in [5.74, 6) is 1.96. The minimum Gasteiger partial charge on any atom is -0.497 e. The van der Waals surface area contributed by atoms with Crippen LogP contribution in [0.1, 0.15) is 24.0 Å². The van der Waals surface area contributed by atoms with Gasteiger partial charge in [-0.05, 0) is 55.0 Å². The van der Waals surface area contributed by atoms with Crippen LogP contribution in [0, 0.1) is 0 Å². The topological polar surface area (TPSA) is 68.9 Å². The number of guanidine groups is 1. The Balaban J connectivity index is 0.00000243. The first kappa shape index (κ1) is 20.4. The van der Waals surface area contributed by atoms with Gasteiger partial charge in [0.25, 0.3) is 0 Å². The van der Waals surface area contributed by atoms with Gasteiger partial charge in [0.1, 0.15) is 18.1 Å². The minimum atomic E-state index is 0. The molecule has 2 aromatic carbocycles. The molecule has 0 bridgehead atoms. The van der Waals surface area contributed by atoms with Crippen molar-refractivity contribution in [3.63, 3.8) is 0 Å². The Morgan fingerprint density at radius 3 is 2.73 bits per heavy atom. The Labute approximate surface area is 172 Å². The van der Waals surface area contributed by atoms with Gasteiger partial charge in [0, 0.05) is 11.8 Å². The lowest BCUT2D eigenvalue weighted by molar-refractivity contribution is 0.325. The fourth-order valence-electron chi connectivity index (χ4n) is 3.10. The number of aliphatic imine (C=N–C) groups is 1. The Morgan fingerprint density at radius 2 is 1.88 bits per heavy atom. The molecule has 0 fully saturated rings. The third-order valence-electron chi connectivity index (χ3n) is 4.34. The van der Waals surface area contributed by atoms with Crippen LogP contribution in [-0.4, -0.2) is 26.2 Å². The number of benzene rings is 2. The average Bonchev–Trinajstić information content (AvgIpc) is 2.66. The molecule has 3 rings (SSSR count). The van der Waals surface area contributed by atoms with Gasteiger partial charge in [-0.2, -0.15) is 0 Å². The van der Waals surface area contributed by atoms with Crippen LogP contribution in [0.3, 0.4) is 0 Å². The molecule has 0 aromatic heterocycles. The zero-order chi connectivity index (χ0) is 17.5. The third-order valence-corrected chi connectivity index (χ3v) is 4.34. The van der Waals surface area contributed by atoms with Crippen LogP contribution in [-0.2, 0) is 12.8 Å². The molecule has 0 amide bonds. The van der Waals surface area contributed by atoms with Gasteiger partial charge in [-0.1, -0.05) is 18.2 Å². The number of halogens is 1. The van der Waals surface area contributed by atoms with Crippen LogP contribution in [0.25, 0.3) is 0 Å². The first-order valence-electron chi connectivity index (χ1n) is 8.71. The molecule has 5 nitrogen and oxygen atoms in total. The molecule has 0 radical (unpaired) electrons. The molecule has 0 aliphatic heterocycles. The van der Waals surface area contributed by atoms with E-state index in [1.807, 2.05) is 24.3 Å². The van der Waals surface area contributed by atoms with Gasteiger partial charge < -0.3 is 20.5 Å². The Bertz CT molecular complexity index is 750. The second-order valence-corrected chi connectivity index (χ2v) is 6.07. The summed E-state index contributed by atoms with van der Waals surface area (Å²) in [6, 6.07) is 13.9. The summed E-state index contributed by atoms with van der Waals surface area (Å²) in [4.78, 5) is 4.35. The standard InChI is InChI=1S/C20H25N3O2.HI/c1-24-16-8-5-9-17(14-16)25-13-12-22-20(21)23-19-11-4-7-15-6-2-3-10-18(15)19;/h4-5,7-9,11,14H,2-3,6,10,12-13H2,1H3,(H3,21,22,23);1H. The van der Waals surface area contributed by atoms with E-state index in [-0.39, 0.29) is 24.0 Å². The van der Waals surface area contributed by atoms with E-state index < -0.39 is 0 Å². The highest BCUT2D eigenvalue weighted by Crippen LogP contribution is 2.27. The lowest BCUT2D eigenvalue weighted by Crippen LogP contribution is -2.25. The molecule has 1 aliphatic rings. The van der Waals surface area contributed by atoms with Crippen LogP contribution in [0.5, 0.6) is 11.5 Å². The number of anilines is 1. The van der Waals surface area contributed by atoms with Crippen molar-refractivity contribution in [1.82, 2.24) is 0 Å². The molecular weight excluding hydrogens is 441 g/mol. The first-order chi connectivity index (χ1) is 12.3. The van der Waals surface area contributed by atoms with Gasteiger partial charge >= 0.3 is 0 Å². The number of hydrogen-bond acceptors (Lipinski definition) is 3. The number of methoxy groups -OCH3 is 1. The Morgan fingerprint density at radius 1 is 1.12 bits per heavy atom. The van der Waals surface area contributed by atoms with Gasteiger partial charge in [-0.15, -0.1) is 24.0 Å². The van der Waals surface area contributed by atoms with Crippen molar-refractivity contribution in [2.75, 3.05) is 25.6 Å². The van der Waals surface area contributed by atoms with E-state index in [1.165, 1.54) is 24.0 Å². The van der Waals surface area contributed by atoms with Crippen LogP contribution in [0.2, 0.25) is 0 Å². The van der Waals surface area contributed by atoms with E-state index in [4.69, 9.17) is 15.2 Å². The summed E-state index contributed by atoms with van der Waals surface area (Å²) in [5.41, 5.74) is 9.90. The second-order valence-electron chi connectivity index (χ2n) is 6.07. The van der Waals surface area contributed by atoms with E-state index in [1.54, 1.807) is 7.11 Å². The molecule has 0 atom stereocenters. The number of ether oxygens (including phenoxy) is 2. The number of fused-ring (bicyclic) bond motifs is 1. The lowest BCUT2D eigenvalue weighted by Gasteiger charge is -2.19. The van der Waals surface area contributed by atoms with Gasteiger partial charge in [0.15, 0.2) is 5.96 Å². The van der Waals surface area contributed by atoms with Gasteiger partial charge in [-0.25, -0.2) is 4.99 Å². The van der Waals surface area contributed by atoms with Crippen molar-refractivity contribution in [2.24, 2.45) is 10.7 Å². The molecule has 140 valence electrons. The molecule has 0 saturated heterocycles. The van der Waals surface area contributed by atoms with Crippen LogP contribution in [0.4, 0.5) is 5.69 Å². The highest BCUT2D eigenvalue weighted by Gasteiger charge is 2.12.